The van der Waals surface area contributed by atoms with Gasteiger partial charge in [-0.15, -0.1) is 0 Å². The van der Waals surface area contributed by atoms with Gasteiger partial charge in [-0.3, -0.25) is 4.79 Å². The van der Waals surface area contributed by atoms with Crippen LogP contribution in [0.3, 0.4) is 0 Å². The molecule has 2 aromatic rings. The first-order valence-corrected chi connectivity index (χ1v) is 5.88. The van der Waals surface area contributed by atoms with Gasteiger partial charge in [0.1, 0.15) is 3.57 Å². The molecule has 0 bridgehead atoms. The van der Waals surface area contributed by atoms with Gasteiger partial charge in [-0.25, -0.2) is 4.98 Å². The Balaban J connectivity index is 2.30. The molecule has 6 heteroatoms. The molecule has 0 saturated carbocycles. The van der Waals surface area contributed by atoms with Crippen LogP contribution < -0.4 is 10.9 Å². The maximum Gasteiger partial charge on any atom is 0.266 e. The van der Waals surface area contributed by atoms with E-state index in [2.05, 4.69) is 15.3 Å². The zero-order valence-electron chi connectivity index (χ0n) is 8.00. The molecule has 0 saturated heterocycles. The van der Waals surface area contributed by atoms with Gasteiger partial charge in [-0.2, -0.15) is 0 Å². The number of aromatic nitrogens is 2. The van der Waals surface area contributed by atoms with Gasteiger partial charge in [0.15, 0.2) is 5.82 Å². The van der Waals surface area contributed by atoms with Gasteiger partial charge >= 0.3 is 0 Å². The van der Waals surface area contributed by atoms with Gasteiger partial charge in [-0.1, -0.05) is 11.6 Å². The molecule has 1 heterocycles. The summed E-state index contributed by atoms with van der Waals surface area (Å²) in [6.45, 7) is 0. The molecule has 2 rings (SSSR count). The van der Waals surface area contributed by atoms with E-state index in [0.29, 0.717) is 14.4 Å². The summed E-state index contributed by atoms with van der Waals surface area (Å²) < 4.78 is 0.523. The van der Waals surface area contributed by atoms with Crippen molar-refractivity contribution in [2.75, 3.05) is 5.32 Å². The summed E-state index contributed by atoms with van der Waals surface area (Å²) in [5.41, 5.74) is 0.674. The molecule has 1 aromatic carbocycles. The molecule has 0 amide bonds. The molecule has 4 nitrogen and oxygen atoms in total. The molecular formula is C10H7ClIN3O. The second kappa shape index (κ2) is 4.84. The summed E-state index contributed by atoms with van der Waals surface area (Å²) >= 11 is 7.71. The minimum Gasteiger partial charge on any atom is -0.339 e. The first kappa shape index (κ1) is 11.4. The number of hydrogen-bond acceptors (Lipinski definition) is 3. The van der Waals surface area contributed by atoms with E-state index in [1.165, 1.54) is 6.33 Å². The first-order valence-electron chi connectivity index (χ1n) is 4.42. The number of anilines is 2. The van der Waals surface area contributed by atoms with Crippen LogP contribution in [0.25, 0.3) is 0 Å². The monoisotopic (exact) mass is 347 g/mol. The van der Waals surface area contributed by atoms with Crippen molar-refractivity contribution in [1.29, 1.82) is 0 Å². The summed E-state index contributed by atoms with van der Waals surface area (Å²) in [6.07, 6.45) is 1.36. The third-order valence-corrected chi connectivity index (χ3v) is 3.16. The zero-order chi connectivity index (χ0) is 11.5. The summed E-state index contributed by atoms with van der Waals surface area (Å²) in [6, 6.07) is 7.18. The molecule has 0 atom stereocenters. The summed E-state index contributed by atoms with van der Waals surface area (Å²) in [7, 11) is 0. The highest BCUT2D eigenvalue weighted by Crippen LogP contribution is 2.19. The summed E-state index contributed by atoms with van der Waals surface area (Å²) in [4.78, 5) is 17.9. The van der Waals surface area contributed by atoms with Crippen LogP contribution in [0.15, 0.2) is 35.4 Å². The van der Waals surface area contributed by atoms with Crippen LogP contribution in [0.1, 0.15) is 0 Å². The Kier molecular flexibility index (Phi) is 3.45. The van der Waals surface area contributed by atoms with E-state index in [1.807, 2.05) is 34.7 Å². The minimum absolute atomic E-state index is 0.160. The van der Waals surface area contributed by atoms with Gasteiger partial charge in [0.25, 0.3) is 5.56 Å². The zero-order valence-corrected chi connectivity index (χ0v) is 10.9. The SMILES string of the molecule is O=c1[nH]cnc(Nc2ccc(Cl)cc2)c1I. The van der Waals surface area contributed by atoms with Crippen LogP contribution in [0, 0.1) is 3.57 Å². The second-order valence-corrected chi connectivity index (χ2v) is 4.54. The van der Waals surface area contributed by atoms with Crippen LogP contribution in [-0.4, -0.2) is 9.97 Å². The highest BCUT2D eigenvalue weighted by Gasteiger charge is 2.04. The topological polar surface area (TPSA) is 57.8 Å². The molecule has 0 fully saturated rings. The Morgan fingerprint density at radius 1 is 1.31 bits per heavy atom. The lowest BCUT2D eigenvalue weighted by Crippen LogP contribution is -2.12. The number of aromatic amines is 1. The smallest absolute Gasteiger partial charge is 0.266 e. The minimum atomic E-state index is -0.160. The maximum atomic E-state index is 11.3. The molecule has 0 aliphatic heterocycles. The van der Waals surface area contributed by atoms with Crippen LogP contribution in [0.2, 0.25) is 5.02 Å². The van der Waals surface area contributed by atoms with Crippen molar-refractivity contribution in [2.45, 2.75) is 0 Å². The lowest BCUT2D eigenvalue weighted by Gasteiger charge is -2.06. The molecule has 0 unspecified atom stereocenters. The van der Waals surface area contributed by atoms with Crippen molar-refractivity contribution in [2.24, 2.45) is 0 Å². The van der Waals surface area contributed by atoms with Crippen LogP contribution in [0.5, 0.6) is 0 Å². The molecule has 0 aliphatic carbocycles. The van der Waals surface area contributed by atoms with Gasteiger partial charge in [0.2, 0.25) is 0 Å². The standard InChI is InChI=1S/C10H7ClIN3O/c11-6-1-3-7(4-2-6)15-9-8(12)10(16)14-5-13-9/h1-5H,(H2,13,14,15,16). The van der Waals surface area contributed by atoms with Crippen molar-refractivity contribution in [3.63, 3.8) is 0 Å². The Morgan fingerprint density at radius 2 is 2.00 bits per heavy atom. The van der Waals surface area contributed by atoms with Crippen molar-refractivity contribution >= 4 is 45.7 Å². The number of rotatable bonds is 2. The Labute approximate surface area is 110 Å². The van der Waals surface area contributed by atoms with E-state index in [4.69, 9.17) is 11.6 Å². The number of nitrogens with zero attached hydrogens (tertiary/aromatic N) is 1. The largest absolute Gasteiger partial charge is 0.339 e. The Hall–Kier alpha value is -1.08. The molecule has 1 aromatic heterocycles. The van der Waals surface area contributed by atoms with Crippen LogP contribution >= 0.6 is 34.2 Å². The molecule has 16 heavy (non-hydrogen) atoms. The van der Waals surface area contributed by atoms with Crippen molar-refractivity contribution < 1.29 is 0 Å². The van der Waals surface area contributed by atoms with Gasteiger partial charge in [-0.05, 0) is 46.9 Å². The summed E-state index contributed by atoms with van der Waals surface area (Å²) in [5, 5.41) is 3.71. The predicted octanol–water partition coefficient (Wildman–Crippen LogP) is 2.77. The van der Waals surface area contributed by atoms with Crippen LogP contribution in [-0.2, 0) is 0 Å². The Morgan fingerprint density at radius 3 is 2.69 bits per heavy atom. The van der Waals surface area contributed by atoms with Crippen molar-refractivity contribution in [1.82, 2.24) is 9.97 Å². The van der Waals surface area contributed by atoms with E-state index < -0.39 is 0 Å². The van der Waals surface area contributed by atoms with E-state index >= 15 is 0 Å². The van der Waals surface area contributed by atoms with Gasteiger partial charge in [0.05, 0.1) is 6.33 Å². The van der Waals surface area contributed by atoms with E-state index in [9.17, 15) is 4.79 Å². The molecule has 0 radical (unpaired) electrons. The van der Waals surface area contributed by atoms with E-state index in [1.54, 1.807) is 12.1 Å². The van der Waals surface area contributed by atoms with Crippen molar-refractivity contribution in [3.05, 3.63) is 49.5 Å². The molecule has 82 valence electrons. The first-order chi connectivity index (χ1) is 7.66. The van der Waals surface area contributed by atoms with Gasteiger partial charge < -0.3 is 10.3 Å². The second-order valence-electron chi connectivity index (χ2n) is 3.03. The number of H-pyrrole nitrogens is 1. The molecular weight excluding hydrogens is 340 g/mol. The average Bonchev–Trinajstić information content (AvgIpc) is 2.28. The fourth-order valence-electron chi connectivity index (χ4n) is 1.14. The number of nitrogens with one attached hydrogen (secondary N) is 2. The lowest BCUT2D eigenvalue weighted by atomic mass is 10.3. The number of benzene rings is 1. The van der Waals surface area contributed by atoms with Crippen LogP contribution in [0.4, 0.5) is 11.5 Å². The maximum absolute atomic E-state index is 11.3. The predicted molar refractivity (Wildman–Crippen MR) is 72.3 cm³/mol. The van der Waals surface area contributed by atoms with E-state index in [-0.39, 0.29) is 5.56 Å². The lowest BCUT2D eigenvalue weighted by molar-refractivity contribution is 1.10. The fourth-order valence-corrected chi connectivity index (χ4v) is 1.70. The average molecular weight is 348 g/mol. The fraction of sp³-hybridized carbons (Fsp3) is 0. The number of halogens is 2. The van der Waals surface area contributed by atoms with Gasteiger partial charge in [0, 0.05) is 10.7 Å². The third kappa shape index (κ3) is 2.53. The number of hydrogen-bond donors (Lipinski definition) is 2. The molecule has 0 aliphatic rings. The molecule has 2 N–H and O–H groups in total. The highest BCUT2D eigenvalue weighted by atomic mass is 127. The molecule has 0 spiro atoms. The highest BCUT2D eigenvalue weighted by molar-refractivity contribution is 14.1. The normalized spacial score (nSPS) is 10.1. The third-order valence-electron chi connectivity index (χ3n) is 1.90. The summed E-state index contributed by atoms with van der Waals surface area (Å²) in [5.74, 6) is 0.534. The van der Waals surface area contributed by atoms with Crippen molar-refractivity contribution in [3.8, 4) is 0 Å². The Bertz CT molecular complexity index is 553. The quantitative estimate of drug-likeness (QED) is 0.821. The van der Waals surface area contributed by atoms with E-state index in [0.717, 1.165) is 5.69 Å².